The number of hydrogen-bond donors (Lipinski definition) is 1. The topological polar surface area (TPSA) is 58.6 Å². The molecule has 0 bridgehead atoms. The number of amides is 2. The number of nitrogens with one attached hydrogen (secondary N) is 1. The van der Waals surface area contributed by atoms with Crippen molar-refractivity contribution in [1.29, 1.82) is 0 Å². The third-order valence-electron chi connectivity index (χ3n) is 4.96. The molecule has 0 saturated carbocycles. The number of nitrogens with zero attached hydrogens (tertiary/aromatic N) is 1. The summed E-state index contributed by atoms with van der Waals surface area (Å²) in [6.45, 7) is 5.29. The zero-order valence-electron chi connectivity index (χ0n) is 16.2. The summed E-state index contributed by atoms with van der Waals surface area (Å²) in [5.41, 5.74) is 2.46. The number of hydrogen-bond acceptors (Lipinski definition) is 3. The molecular formula is C23H26N2O3. The van der Waals surface area contributed by atoms with Crippen LogP contribution in [0.1, 0.15) is 45.5 Å². The second-order valence-corrected chi connectivity index (χ2v) is 6.87. The first-order valence-corrected chi connectivity index (χ1v) is 9.61. The van der Waals surface area contributed by atoms with Crippen molar-refractivity contribution in [2.75, 3.05) is 25.5 Å². The third-order valence-corrected chi connectivity index (χ3v) is 4.96. The minimum atomic E-state index is -0.258. The van der Waals surface area contributed by atoms with E-state index in [0.717, 1.165) is 43.7 Å². The molecule has 2 aromatic rings. The highest BCUT2D eigenvalue weighted by Gasteiger charge is 2.21. The van der Waals surface area contributed by atoms with Crippen LogP contribution in [0.4, 0.5) is 5.69 Å². The number of para-hydroxylation sites is 1. The van der Waals surface area contributed by atoms with Gasteiger partial charge in [0.1, 0.15) is 5.75 Å². The summed E-state index contributed by atoms with van der Waals surface area (Å²) >= 11 is 0. The number of carbonyl (C=O) groups is 2. The molecule has 3 rings (SSSR count). The molecule has 2 amide bonds. The van der Waals surface area contributed by atoms with Gasteiger partial charge in [0.15, 0.2) is 0 Å². The molecule has 0 aliphatic carbocycles. The fraction of sp³-hybridized carbons (Fsp3) is 0.304. The molecule has 1 fully saturated rings. The largest absolute Gasteiger partial charge is 0.496 e. The van der Waals surface area contributed by atoms with Crippen LogP contribution in [0.15, 0.2) is 55.1 Å². The molecule has 0 spiro atoms. The summed E-state index contributed by atoms with van der Waals surface area (Å²) in [5, 5.41) is 2.90. The maximum Gasteiger partial charge on any atom is 0.255 e. The highest BCUT2D eigenvalue weighted by molar-refractivity contribution is 6.09. The monoisotopic (exact) mass is 378 g/mol. The van der Waals surface area contributed by atoms with Gasteiger partial charge >= 0.3 is 0 Å². The molecule has 0 atom stereocenters. The van der Waals surface area contributed by atoms with Crippen molar-refractivity contribution < 1.29 is 14.3 Å². The van der Waals surface area contributed by atoms with Crippen molar-refractivity contribution >= 4 is 17.5 Å². The Morgan fingerprint density at radius 2 is 1.89 bits per heavy atom. The van der Waals surface area contributed by atoms with Crippen LogP contribution in [0.5, 0.6) is 5.75 Å². The first-order chi connectivity index (χ1) is 13.6. The molecule has 2 aromatic carbocycles. The standard InChI is InChI=1S/C23H26N2O3/c1-3-9-17-16-18(12-13-21(17)28-2)22(26)24-20-11-6-5-10-19(20)23(27)25-14-7-4-8-15-25/h3,5-6,10-13,16H,1,4,7-9,14-15H2,2H3,(H,24,26). The predicted octanol–water partition coefficient (Wildman–Crippen LogP) is 4.30. The zero-order chi connectivity index (χ0) is 19.9. The fourth-order valence-corrected chi connectivity index (χ4v) is 3.48. The third kappa shape index (κ3) is 4.42. The number of ether oxygens (including phenoxy) is 1. The number of methoxy groups -OCH3 is 1. The van der Waals surface area contributed by atoms with Crippen molar-refractivity contribution in [3.63, 3.8) is 0 Å². The second-order valence-electron chi connectivity index (χ2n) is 6.87. The summed E-state index contributed by atoms with van der Waals surface area (Å²) in [5.74, 6) is 0.432. The number of anilines is 1. The van der Waals surface area contributed by atoms with E-state index in [9.17, 15) is 9.59 Å². The van der Waals surface area contributed by atoms with E-state index in [2.05, 4.69) is 11.9 Å². The number of likely N-dealkylation sites (tertiary alicyclic amines) is 1. The quantitative estimate of drug-likeness (QED) is 0.763. The molecule has 0 radical (unpaired) electrons. The van der Waals surface area contributed by atoms with Crippen LogP contribution in [-0.2, 0) is 6.42 Å². The molecule has 0 aromatic heterocycles. The number of allylic oxidation sites excluding steroid dienone is 1. The Morgan fingerprint density at radius 3 is 2.61 bits per heavy atom. The summed E-state index contributed by atoms with van der Waals surface area (Å²) < 4.78 is 5.34. The highest BCUT2D eigenvalue weighted by atomic mass is 16.5. The van der Waals surface area contributed by atoms with Crippen LogP contribution >= 0.6 is 0 Å². The normalized spacial score (nSPS) is 13.7. The summed E-state index contributed by atoms with van der Waals surface area (Å²) in [6.07, 6.45) is 5.59. The number of rotatable bonds is 6. The lowest BCUT2D eigenvalue weighted by Gasteiger charge is -2.27. The van der Waals surface area contributed by atoms with Crippen molar-refractivity contribution in [1.82, 2.24) is 4.90 Å². The van der Waals surface area contributed by atoms with Crippen LogP contribution in [0.25, 0.3) is 0 Å². The maximum absolute atomic E-state index is 12.9. The van der Waals surface area contributed by atoms with Gasteiger partial charge in [-0.05, 0) is 61.6 Å². The van der Waals surface area contributed by atoms with E-state index in [1.54, 1.807) is 43.5 Å². The van der Waals surface area contributed by atoms with E-state index in [-0.39, 0.29) is 11.8 Å². The van der Waals surface area contributed by atoms with Crippen LogP contribution in [0.2, 0.25) is 0 Å². The molecule has 1 saturated heterocycles. The van der Waals surface area contributed by atoms with Gasteiger partial charge in [0.25, 0.3) is 11.8 Å². The van der Waals surface area contributed by atoms with Crippen LogP contribution in [0.3, 0.4) is 0 Å². The molecule has 5 heteroatoms. The van der Waals surface area contributed by atoms with Crippen molar-refractivity contribution in [2.24, 2.45) is 0 Å². The Hall–Kier alpha value is -3.08. The van der Waals surface area contributed by atoms with Crippen molar-refractivity contribution in [3.8, 4) is 5.75 Å². The molecule has 146 valence electrons. The second kappa shape index (κ2) is 9.22. The van der Waals surface area contributed by atoms with Gasteiger partial charge < -0.3 is 15.0 Å². The molecule has 0 unspecified atom stereocenters. The number of piperidine rings is 1. The van der Waals surface area contributed by atoms with Gasteiger partial charge in [-0.3, -0.25) is 9.59 Å². The van der Waals surface area contributed by atoms with Gasteiger partial charge in [0, 0.05) is 18.7 Å². The lowest BCUT2D eigenvalue weighted by Crippen LogP contribution is -2.36. The Kier molecular flexibility index (Phi) is 6.48. The minimum absolute atomic E-state index is 0.0299. The Bertz CT molecular complexity index is 870. The first-order valence-electron chi connectivity index (χ1n) is 9.61. The van der Waals surface area contributed by atoms with Gasteiger partial charge in [-0.2, -0.15) is 0 Å². The van der Waals surface area contributed by atoms with E-state index in [1.165, 1.54) is 0 Å². The van der Waals surface area contributed by atoms with Gasteiger partial charge in [0.2, 0.25) is 0 Å². The lowest BCUT2D eigenvalue weighted by atomic mass is 10.1. The van der Waals surface area contributed by atoms with Gasteiger partial charge in [-0.15, -0.1) is 6.58 Å². The van der Waals surface area contributed by atoms with Crippen LogP contribution < -0.4 is 10.1 Å². The first kappa shape index (κ1) is 19.7. The lowest BCUT2D eigenvalue weighted by molar-refractivity contribution is 0.0725. The van der Waals surface area contributed by atoms with E-state index in [0.29, 0.717) is 23.2 Å². The SMILES string of the molecule is C=CCc1cc(C(=O)Nc2ccccc2C(=O)N2CCCCC2)ccc1OC. The fourth-order valence-electron chi connectivity index (χ4n) is 3.48. The van der Waals surface area contributed by atoms with Crippen molar-refractivity contribution in [2.45, 2.75) is 25.7 Å². The molecule has 1 N–H and O–H groups in total. The van der Waals surface area contributed by atoms with E-state index < -0.39 is 0 Å². The van der Waals surface area contributed by atoms with E-state index >= 15 is 0 Å². The van der Waals surface area contributed by atoms with E-state index in [4.69, 9.17) is 4.74 Å². The smallest absolute Gasteiger partial charge is 0.255 e. The Balaban J connectivity index is 1.82. The summed E-state index contributed by atoms with van der Waals surface area (Å²) in [6, 6.07) is 12.5. The Morgan fingerprint density at radius 1 is 1.14 bits per heavy atom. The van der Waals surface area contributed by atoms with Gasteiger partial charge in [-0.25, -0.2) is 0 Å². The molecule has 1 heterocycles. The highest BCUT2D eigenvalue weighted by Crippen LogP contribution is 2.23. The molecule has 5 nitrogen and oxygen atoms in total. The molecule has 1 aliphatic rings. The summed E-state index contributed by atoms with van der Waals surface area (Å²) in [4.78, 5) is 27.6. The number of benzene rings is 2. The Labute approximate surface area is 166 Å². The predicted molar refractivity (Wildman–Crippen MR) is 111 cm³/mol. The maximum atomic E-state index is 12.9. The van der Waals surface area contributed by atoms with Crippen LogP contribution in [0, 0.1) is 0 Å². The van der Waals surface area contributed by atoms with Gasteiger partial charge in [-0.1, -0.05) is 18.2 Å². The average molecular weight is 378 g/mol. The van der Waals surface area contributed by atoms with Crippen molar-refractivity contribution in [3.05, 3.63) is 71.8 Å². The summed E-state index contributed by atoms with van der Waals surface area (Å²) in [7, 11) is 1.60. The van der Waals surface area contributed by atoms with E-state index in [1.807, 2.05) is 17.0 Å². The van der Waals surface area contributed by atoms with Crippen LogP contribution in [-0.4, -0.2) is 36.9 Å². The van der Waals surface area contributed by atoms with Gasteiger partial charge in [0.05, 0.1) is 18.4 Å². The molecule has 1 aliphatic heterocycles. The zero-order valence-corrected chi connectivity index (χ0v) is 16.2. The minimum Gasteiger partial charge on any atom is -0.496 e. The molecule has 28 heavy (non-hydrogen) atoms. The molecular weight excluding hydrogens is 352 g/mol. The number of carbonyl (C=O) groups excluding carboxylic acids is 2. The average Bonchev–Trinajstić information content (AvgIpc) is 2.74.